The molecule has 2 saturated heterocycles. The van der Waals surface area contributed by atoms with Gasteiger partial charge in [0.25, 0.3) is 0 Å². The van der Waals surface area contributed by atoms with E-state index in [2.05, 4.69) is 12.2 Å². The number of piperidine rings is 2. The van der Waals surface area contributed by atoms with Crippen molar-refractivity contribution >= 4 is 5.91 Å². The molecule has 0 bridgehead atoms. The summed E-state index contributed by atoms with van der Waals surface area (Å²) >= 11 is 0. The van der Waals surface area contributed by atoms with E-state index in [4.69, 9.17) is 0 Å². The van der Waals surface area contributed by atoms with Crippen LogP contribution in [0.4, 0.5) is 0 Å². The molecule has 2 unspecified atom stereocenters. The van der Waals surface area contributed by atoms with Crippen molar-refractivity contribution < 1.29 is 9.90 Å². The normalized spacial score (nSPS) is 33.5. The summed E-state index contributed by atoms with van der Waals surface area (Å²) < 4.78 is 0. The van der Waals surface area contributed by atoms with Crippen LogP contribution >= 0.6 is 0 Å². The molecule has 0 aromatic rings. The Morgan fingerprint density at radius 1 is 1.41 bits per heavy atom. The van der Waals surface area contributed by atoms with Gasteiger partial charge in [0.05, 0.1) is 6.10 Å². The van der Waals surface area contributed by atoms with Gasteiger partial charge >= 0.3 is 0 Å². The maximum atomic E-state index is 12.5. The van der Waals surface area contributed by atoms with E-state index in [9.17, 15) is 9.90 Å². The first-order valence-electron chi connectivity index (χ1n) is 6.71. The van der Waals surface area contributed by atoms with Crippen LogP contribution in [-0.4, -0.2) is 48.2 Å². The van der Waals surface area contributed by atoms with Crippen molar-refractivity contribution in [2.45, 2.75) is 39.2 Å². The molecule has 0 aromatic heterocycles. The van der Waals surface area contributed by atoms with E-state index in [1.165, 1.54) is 0 Å². The van der Waals surface area contributed by atoms with E-state index in [1.807, 2.05) is 11.8 Å². The van der Waals surface area contributed by atoms with Gasteiger partial charge < -0.3 is 15.3 Å². The Morgan fingerprint density at radius 3 is 2.65 bits per heavy atom. The molecule has 98 valence electrons. The lowest BCUT2D eigenvalue weighted by molar-refractivity contribution is -0.146. The third-order valence-corrected chi connectivity index (χ3v) is 4.37. The molecule has 2 rings (SSSR count). The van der Waals surface area contributed by atoms with Crippen LogP contribution in [0.3, 0.4) is 0 Å². The van der Waals surface area contributed by atoms with E-state index in [0.717, 1.165) is 32.4 Å². The van der Waals surface area contributed by atoms with Crippen molar-refractivity contribution in [2.24, 2.45) is 11.3 Å². The average Bonchev–Trinajstić information content (AvgIpc) is 2.33. The molecular formula is C13H24N2O2. The quantitative estimate of drug-likeness (QED) is 0.706. The first kappa shape index (κ1) is 12.8. The zero-order valence-corrected chi connectivity index (χ0v) is 10.9. The fourth-order valence-electron chi connectivity index (χ4n) is 2.89. The summed E-state index contributed by atoms with van der Waals surface area (Å²) in [6.07, 6.45) is 2.35. The number of carbonyl (C=O) groups excluding carboxylic acids is 1. The van der Waals surface area contributed by atoms with Gasteiger partial charge in [-0.05, 0) is 38.3 Å². The second-order valence-electron chi connectivity index (χ2n) is 5.90. The highest BCUT2D eigenvalue weighted by Gasteiger charge is 2.39. The number of hydrogen-bond donors (Lipinski definition) is 2. The maximum absolute atomic E-state index is 12.5. The molecule has 0 aliphatic carbocycles. The standard InChI is InChI=1S/C13H24N2O2/c1-10-9-15(8-3-11(10)16)12(17)13(2)4-6-14-7-5-13/h10-11,14,16H,3-9H2,1-2H3. The number of carbonyl (C=O) groups is 1. The minimum Gasteiger partial charge on any atom is -0.393 e. The van der Waals surface area contributed by atoms with Crippen molar-refractivity contribution in [1.82, 2.24) is 10.2 Å². The first-order valence-corrected chi connectivity index (χ1v) is 6.71. The van der Waals surface area contributed by atoms with Crippen LogP contribution in [0.25, 0.3) is 0 Å². The van der Waals surface area contributed by atoms with Gasteiger partial charge in [0.2, 0.25) is 5.91 Å². The van der Waals surface area contributed by atoms with E-state index in [1.54, 1.807) is 0 Å². The highest BCUT2D eigenvalue weighted by molar-refractivity contribution is 5.82. The Kier molecular flexibility index (Phi) is 3.73. The minimum absolute atomic E-state index is 0.187. The molecule has 2 fully saturated rings. The van der Waals surface area contributed by atoms with Crippen molar-refractivity contribution in [3.63, 3.8) is 0 Å². The molecular weight excluding hydrogens is 216 g/mol. The largest absolute Gasteiger partial charge is 0.393 e. The zero-order chi connectivity index (χ0) is 12.5. The molecule has 0 saturated carbocycles. The predicted octanol–water partition coefficient (Wildman–Crippen LogP) is 0.605. The van der Waals surface area contributed by atoms with Crippen LogP contribution in [-0.2, 0) is 4.79 Å². The highest BCUT2D eigenvalue weighted by Crippen LogP contribution is 2.32. The number of nitrogens with one attached hydrogen (secondary N) is 1. The Morgan fingerprint density at radius 2 is 2.06 bits per heavy atom. The second-order valence-corrected chi connectivity index (χ2v) is 5.90. The molecule has 1 amide bonds. The Balaban J connectivity index is 1.99. The maximum Gasteiger partial charge on any atom is 0.228 e. The van der Waals surface area contributed by atoms with E-state index >= 15 is 0 Å². The average molecular weight is 240 g/mol. The number of hydrogen-bond acceptors (Lipinski definition) is 3. The molecule has 2 heterocycles. The van der Waals surface area contributed by atoms with E-state index in [0.29, 0.717) is 13.1 Å². The van der Waals surface area contributed by atoms with Gasteiger partial charge in [-0.15, -0.1) is 0 Å². The number of nitrogens with zero attached hydrogens (tertiary/aromatic N) is 1. The molecule has 0 radical (unpaired) electrons. The highest BCUT2D eigenvalue weighted by atomic mass is 16.3. The van der Waals surface area contributed by atoms with Gasteiger partial charge in [0, 0.05) is 18.5 Å². The third kappa shape index (κ3) is 2.63. The number of aliphatic hydroxyl groups is 1. The first-order chi connectivity index (χ1) is 8.03. The minimum atomic E-state index is -0.236. The lowest BCUT2D eigenvalue weighted by atomic mass is 9.79. The topological polar surface area (TPSA) is 52.6 Å². The number of aliphatic hydroxyl groups excluding tert-OH is 1. The van der Waals surface area contributed by atoms with Gasteiger partial charge in [-0.3, -0.25) is 4.79 Å². The molecule has 4 nitrogen and oxygen atoms in total. The monoisotopic (exact) mass is 240 g/mol. The summed E-state index contributed by atoms with van der Waals surface area (Å²) in [6.45, 7) is 7.42. The number of rotatable bonds is 1. The fourth-order valence-corrected chi connectivity index (χ4v) is 2.89. The molecule has 2 N–H and O–H groups in total. The van der Waals surface area contributed by atoms with Crippen LogP contribution in [0, 0.1) is 11.3 Å². The predicted molar refractivity (Wildman–Crippen MR) is 66.6 cm³/mol. The van der Waals surface area contributed by atoms with Gasteiger partial charge in [0.15, 0.2) is 0 Å². The van der Waals surface area contributed by atoms with Crippen molar-refractivity contribution in [3.8, 4) is 0 Å². The van der Waals surface area contributed by atoms with Crippen LogP contribution in [0.2, 0.25) is 0 Å². The summed E-state index contributed by atoms with van der Waals surface area (Å²) in [7, 11) is 0. The molecule has 0 aromatic carbocycles. The Labute approximate surface area is 103 Å². The number of amides is 1. The van der Waals surface area contributed by atoms with Crippen molar-refractivity contribution in [3.05, 3.63) is 0 Å². The molecule has 0 spiro atoms. The van der Waals surface area contributed by atoms with Gasteiger partial charge in [-0.2, -0.15) is 0 Å². The lowest BCUT2D eigenvalue weighted by Gasteiger charge is -2.41. The zero-order valence-electron chi connectivity index (χ0n) is 10.9. The fraction of sp³-hybridized carbons (Fsp3) is 0.923. The smallest absolute Gasteiger partial charge is 0.228 e. The molecule has 2 aliphatic rings. The van der Waals surface area contributed by atoms with E-state index in [-0.39, 0.29) is 23.3 Å². The Bertz CT molecular complexity index is 287. The van der Waals surface area contributed by atoms with Crippen LogP contribution in [0.1, 0.15) is 33.1 Å². The third-order valence-electron chi connectivity index (χ3n) is 4.37. The van der Waals surface area contributed by atoms with Crippen molar-refractivity contribution in [2.75, 3.05) is 26.2 Å². The van der Waals surface area contributed by atoms with Gasteiger partial charge in [-0.1, -0.05) is 13.8 Å². The second kappa shape index (κ2) is 4.94. The van der Waals surface area contributed by atoms with Gasteiger partial charge in [-0.25, -0.2) is 0 Å². The number of likely N-dealkylation sites (tertiary alicyclic amines) is 1. The molecule has 2 atom stereocenters. The summed E-state index contributed by atoms with van der Waals surface area (Å²) in [4.78, 5) is 14.5. The summed E-state index contributed by atoms with van der Waals surface area (Å²) in [5, 5.41) is 13.0. The van der Waals surface area contributed by atoms with Crippen LogP contribution in [0.15, 0.2) is 0 Å². The lowest BCUT2D eigenvalue weighted by Crippen LogP contribution is -2.52. The molecule has 4 heteroatoms. The van der Waals surface area contributed by atoms with Crippen LogP contribution < -0.4 is 5.32 Å². The van der Waals surface area contributed by atoms with Crippen molar-refractivity contribution in [1.29, 1.82) is 0 Å². The molecule has 2 aliphatic heterocycles. The Hall–Kier alpha value is -0.610. The summed E-state index contributed by atoms with van der Waals surface area (Å²) in [5.74, 6) is 0.496. The van der Waals surface area contributed by atoms with E-state index < -0.39 is 0 Å². The molecule has 17 heavy (non-hydrogen) atoms. The van der Waals surface area contributed by atoms with Gasteiger partial charge in [0.1, 0.15) is 0 Å². The summed E-state index contributed by atoms with van der Waals surface area (Å²) in [5.41, 5.74) is -0.187. The SMILES string of the molecule is CC1CN(C(=O)C2(C)CCNCC2)CCC1O. The summed E-state index contributed by atoms with van der Waals surface area (Å²) in [6, 6.07) is 0. The van der Waals surface area contributed by atoms with Crippen LogP contribution in [0.5, 0.6) is 0 Å².